The highest BCUT2D eigenvalue weighted by atomic mass is 16.1. The number of carbonyl (C=O) groups excluding carboxylic acids is 1. The van der Waals surface area contributed by atoms with Crippen molar-refractivity contribution >= 4 is 28.6 Å². The van der Waals surface area contributed by atoms with Crippen LogP contribution in [0.15, 0.2) is 24.3 Å². The number of amides is 1. The van der Waals surface area contributed by atoms with E-state index in [0.29, 0.717) is 24.6 Å². The molecule has 19 heavy (non-hydrogen) atoms. The summed E-state index contributed by atoms with van der Waals surface area (Å²) < 4.78 is 0. The zero-order valence-corrected chi connectivity index (χ0v) is 10.4. The molecule has 1 aliphatic rings. The molecule has 1 aliphatic heterocycles. The van der Waals surface area contributed by atoms with Gasteiger partial charge in [-0.05, 0) is 18.6 Å². The summed E-state index contributed by atoms with van der Waals surface area (Å²) in [4.78, 5) is 19.9. The molecule has 0 saturated carbocycles. The minimum absolute atomic E-state index is 0.0932. The van der Waals surface area contributed by atoms with Crippen LogP contribution in [0.4, 0.5) is 11.6 Å². The maximum atomic E-state index is 11.1. The second kappa shape index (κ2) is 4.72. The minimum Gasteiger partial charge on any atom is -0.381 e. The summed E-state index contributed by atoms with van der Waals surface area (Å²) in [6, 6.07) is 7.74. The molecule has 1 fully saturated rings. The maximum absolute atomic E-state index is 11.1. The number of piperidine rings is 1. The molecule has 1 atom stereocenters. The van der Waals surface area contributed by atoms with Gasteiger partial charge >= 0.3 is 0 Å². The molecule has 1 aromatic carbocycles. The number of nitrogens with zero attached hydrogens (tertiary/aromatic N) is 2. The molecule has 0 radical (unpaired) electrons. The largest absolute Gasteiger partial charge is 0.381 e. The van der Waals surface area contributed by atoms with Crippen molar-refractivity contribution in [2.24, 2.45) is 0 Å². The van der Waals surface area contributed by atoms with Crippen LogP contribution in [-0.4, -0.2) is 28.5 Å². The number of nitrogen functional groups attached to an aromatic ring is 1. The van der Waals surface area contributed by atoms with Crippen LogP contribution in [0.2, 0.25) is 0 Å². The van der Waals surface area contributed by atoms with Gasteiger partial charge in [0.1, 0.15) is 0 Å². The van der Waals surface area contributed by atoms with E-state index in [4.69, 9.17) is 5.73 Å². The van der Waals surface area contributed by atoms with E-state index in [1.165, 1.54) is 0 Å². The van der Waals surface area contributed by atoms with E-state index in [1.54, 1.807) is 0 Å². The summed E-state index contributed by atoms with van der Waals surface area (Å²) in [5.41, 5.74) is 7.49. The van der Waals surface area contributed by atoms with Gasteiger partial charge in [-0.2, -0.15) is 0 Å². The highest BCUT2D eigenvalue weighted by molar-refractivity contribution is 5.80. The van der Waals surface area contributed by atoms with E-state index < -0.39 is 0 Å². The van der Waals surface area contributed by atoms with Gasteiger partial charge in [0, 0.05) is 19.0 Å². The van der Waals surface area contributed by atoms with Gasteiger partial charge in [0.05, 0.1) is 11.0 Å². The summed E-state index contributed by atoms with van der Waals surface area (Å²) in [7, 11) is 0. The van der Waals surface area contributed by atoms with Gasteiger partial charge in [-0.3, -0.25) is 4.79 Å². The molecule has 2 heterocycles. The monoisotopic (exact) mass is 257 g/mol. The molecule has 6 nitrogen and oxygen atoms in total. The molecule has 0 aliphatic carbocycles. The fraction of sp³-hybridized carbons (Fsp3) is 0.308. The quantitative estimate of drug-likeness (QED) is 0.743. The van der Waals surface area contributed by atoms with Crippen LogP contribution in [-0.2, 0) is 4.79 Å². The number of aromatic nitrogens is 2. The first kappa shape index (κ1) is 11.7. The first-order valence-corrected chi connectivity index (χ1v) is 6.28. The molecular formula is C13H15N5O. The highest BCUT2D eigenvalue weighted by Gasteiger charge is 2.19. The molecule has 2 aromatic rings. The molecule has 98 valence electrons. The predicted octanol–water partition coefficient (Wildman–Crippen LogP) is 0.902. The van der Waals surface area contributed by atoms with E-state index in [1.807, 2.05) is 24.3 Å². The predicted molar refractivity (Wildman–Crippen MR) is 73.6 cm³/mol. The first-order valence-electron chi connectivity index (χ1n) is 6.28. The van der Waals surface area contributed by atoms with Crippen LogP contribution in [0, 0.1) is 0 Å². The summed E-state index contributed by atoms with van der Waals surface area (Å²) >= 11 is 0. The topological polar surface area (TPSA) is 92.9 Å². The van der Waals surface area contributed by atoms with E-state index in [9.17, 15) is 4.79 Å². The Balaban J connectivity index is 1.84. The Labute approximate surface area is 110 Å². The normalized spacial score (nSPS) is 19.2. The second-order valence-electron chi connectivity index (χ2n) is 4.63. The average Bonchev–Trinajstić information content (AvgIpc) is 2.42. The number of benzene rings is 1. The highest BCUT2D eigenvalue weighted by Crippen LogP contribution is 2.20. The number of hydrogen-bond donors (Lipinski definition) is 3. The van der Waals surface area contributed by atoms with Crippen LogP contribution < -0.4 is 16.4 Å². The zero-order valence-electron chi connectivity index (χ0n) is 10.4. The molecular weight excluding hydrogens is 242 g/mol. The van der Waals surface area contributed by atoms with Crippen LogP contribution >= 0.6 is 0 Å². The van der Waals surface area contributed by atoms with Gasteiger partial charge in [0.25, 0.3) is 0 Å². The summed E-state index contributed by atoms with van der Waals surface area (Å²) in [5.74, 6) is 1.06. The Hall–Kier alpha value is -2.37. The van der Waals surface area contributed by atoms with E-state index >= 15 is 0 Å². The average molecular weight is 257 g/mol. The lowest BCUT2D eigenvalue weighted by Gasteiger charge is -2.24. The Morgan fingerprint density at radius 3 is 2.68 bits per heavy atom. The lowest BCUT2D eigenvalue weighted by molar-refractivity contribution is -0.122. The van der Waals surface area contributed by atoms with Crippen molar-refractivity contribution in [2.45, 2.75) is 18.9 Å². The molecule has 1 aromatic heterocycles. The van der Waals surface area contributed by atoms with Gasteiger partial charge in [0.2, 0.25) is 5.91 Å². The van der Waals surface area contributed by atoms with Crippen molar-refractivity contribution in [1.29, 1.82) is 0 Å². The molecule has 4 N–H and O–H groups in total. The van der Waals surface area contributed by atoms with Gasteiger partial charge in [-0.15, -0.1) is 0 Å². The lowest BCUT2D eigenvalue weighted by Crippen LogP contribution is -2.42. The van der Waals surface area contributed by atoms with Crippen molar-refractivity contribution in [1.82, 2.24) is 15.3 Å². The molecule has 6 heteroatoms. The van der Waals surface area contributed by atoms with Crippen molar-refractivity contribution in [3.63, 3.8) is 0 Å². The number of nitrogens with two attached hydrogens (primary N) is 1. The first-order chi connectivity index (χ1) is 9.22. The molecule has 1 amide bonds. The zero-order chi connectivity index (χ0) is 13.2. The van der Waals surface area contributed by atoms with Gasteiger partial charge < -0.3 is 16.4 Å². The number of nitrogens with one attached hydrogen (secondary N) is 2. The van der Waals surface area contributed by atoms with Crippen molar-refractivity contribution in [2.75, 3.05) is 17.6 Å². The van der Waals surface area contributed by atoms with Crippen molar-refractivity contribution < 1.29 is 4.79 Å². The third-order valence-corrected chi connectivity index (χ3v) is 3.20. The second-order valence-corrected chi connectivity index (χ2v) is 4.63. The summed E-state index contributed by atoms with van der Waals surface area (Å²) in [5, 5.41) is 6.07. The number of carbonyl (C=O) groups is 1. The number of anilines is 2. The molecule has 1 unspecified atom stereocenters. The van der Waals surface area contributed by atoms with Crippen molar-refractivity contribution in [3.8, 4) is 0 Å². The Bertz CT molecular complexity index is 617. The number of rotatable bonds is 2. The Morgan fingerprint density at radius 2 is 2.00 bits per heavy atom. The van der Waals surface area contributed by atoms with Gasteiger partial charge in [-0.25, -0.2) is 9.97 Å². The smallest absolute Gasteiger partial charge is 0.220 e. The molecule has 3 rings (SSSR count). The fourth-order valence-corrected chi connectivity index (χ4v) is 2.17. The number of hydrogen-bond acceptors (Lipinski definition) is 5. The summed E-state index contributed by atoms with van der Waals surface area (Å²) in [6.07, 6.45) is 1.30. The third-order valence-electron chi connectivity index (χ3n) is 3.20. The number of para-hydroxylation sites is 2. The van der Waals surface area contributed by atoms with E-state index in [-0.39, 0.29) is 11.9 Å². The van der Waals surface area contributed by atoms with E-state index in [2.05, 4.69) is 20.6 Å². The Kier molecular flexibility index (Phi) is 2.91. The van der Waals surface area contributed by atoms with E-state index in [0.717, 1.165) is 17.5 Å². The molecule has 0 bridgehead atoms. The maximum Gasteiger partial charge on any atom is 0.220 e. The minimum atomic E-state index is 0.0932. The van der Waals surface area contributed by atoms with Crippen LogP contribution in [0.3, 0.4) is 0 Å². The lowest BCUT2D eigenvalue weighted by atomic mass is 10.1. The standard InChI is InChI=1S/C13H15N5O/c14-12-13(16-8-5-6-11(19)15-7-8)18-10-4-2-1-3-9(10)17-12/h1-4,8H,5-7H2,(H2,14,17)(H,15,19)(H,16,18). The SMILES string of the molecule is Nc1nc2ccccc2nc1NC1CCC(=O)NC1. The molecule has 0 spiro atoms. The number of fused-ring (bicyclic) bond motifs is 1. The van der Waals surface area contributed by atoms with Crippen LogP contribution in [0.25, 0.3) is 11.0 Å². The van der Waals surface area contributed by atoms with Gasteiger partial charge in [-0.1, -0.05) is 12.1 Å². The molecule has 1 saturated heterocycles. The summed E-state index contributed by atoms with van der Waals surface area (Å²) in [6.45, 7) is 0.590. The Morgan fingerprint density at radius 1 is 1.26 bits per heavy atom. The van der Waals surface area contributed by atoms with Gasteiger partial charge in [0.15, 0.2) is 11.6 Å². The van der Waals surface area contributed by atoms with Crippen molar-refractivity contribution in [3.05, 3.63) is 24.3 Å². The van der Waals surface area contributed by atoms with Crippen LogP contribution in [0.1, 0.15) is 12.8 Å². The van der Waals surface area contributed by atoms with Crippen LogP contribution in [0.5, 0.6) is 0 Å². The fourth-order valence-electron chi connectivity index (χ4n) is 2.17. The third kappa shape index (κ3) is 2.42.